The average molecular weight is 479 g/mol. The Bertz CT molecular complexity index is 691. The summed E-state index contributed by atoms with van der Waals surface area (Å²) in [5.41, 5.74) is 1.13. The van der Waals surface area contributed by atoms with Crippen molar-refractivity contribution in [2.24, 2.45) is 18.0 Å². The van der Waals surface area contributed by atoms with E-state index in [-0.39, 0.29) is 24.0 Å². The van der Waals surface area contributed by atoms with Gasteiger partial charge < -0.3 is 19.4 Å². The Morgan fingerprint density at radius 2 is 2.16 bits per heavy atom. The molecule has 0 aliphatic carbocycles. The molecule has 6 nitrogen and oxygen atoms in total. The van der Waals surface area contributed by atoms with Crippen molar-refractivity contribution in [2.45, 2.75) is 33.5 Å². The van der Waals surface area contributed by atoms with E-state index in [2.05, 4.69) is 38.6 Å². The van der Waals surface area contributed by atoms with Crippen LogP contribution in [0, 0.1) is 5.92 Å². The van der Waals surface area contributed by atoms with E-state index >= 15 is 0 Å². The van der Waals surface area contributed by atoms with Crippen LogP contribution < -0.4 is 5.32 Å². The quantitative estimate of drug-likeness (QED) is 0.393. The maximum Gasteiger partial charge on any atom is 0.194 e. The third-order valence-corrected chi connectivity index (χ3v) is 4.02. The topological polar surface area (TPSA) is 50.4 Å². The number of nitrogens with zero attached hydrogens (tertiary/aromatic N) is 5. The molecule has 0 amide bonds. The number of rotatable bonds is 6. The molecular formula is C17H28ClIN6. The number of aromatic nitrogens is 3. The van der Waals surface area contributed by atoms with Gasteiger partial charge in [-0.3, -0.25) is 4.99 Å². The molecule has 2 heterocycles. The minimum absolute atomic E-state index is 0. The van der Waals surface area contributed by atoms with Gasteiger partial charge in [-0.25, -0.2) is 4.98 Å². The van der Waals surface area contributed by atoms with Gasteiger partial charge in [-0.1, -0.05) is 25.4 Å². The van der Waals surface area contributed by atoms with Crippen molar-refractivity contribution in [3.63, 3.8) is 0 Å². The lowest BCUT2D eigenvalue weighted by Gasteiger charge is -2.22. The van der Waals surface area contributed by atoms with Crippen LogP contribution in [0.5, 0.6) is 0 Å². The molecular weight excluding hydrogens is 451 g/mol. The number of hydrogen-bond acceptors (Lipinski definition) is 2. The van der Waals surface area contributed by atoms with Gasteiger partial charge in [0.1, 0.15) is 5.82 Å². The molecule has 0 atom stereocenters. The van der Waals surface area contributed by atoms with Crippen LogP contribution in [0.3, 0.4) is 0 Å². The number of aryl methyl sites for hydroxylation is 1. The largest absolute Gasteiger partial charge is 0.351 e. The Kier molecular flexibility index (Phi) is 8.78. The monoisotopic (exact) mass is 478 g/mol. The zero-order chi connectivity index (χ0) is 17.7. The van der Waals surface area contributed by atoms with Crippen LogP contribution in [0.2, 0.25) is 5.02 Å². The number of aliphatic imine (C=N–C) groups is 1. The van der Waals surface area contributed by atoms with Gasteiger partial charge in [0.15, 0.2) is 5.96 Å². The van der Waals surface area contributed by atoms with E-state index in [1.54, 1.807) is 7.05 Å². The summed E-state index contributed by atoms with van der Waals surface area (Å²) >= 11 is 6.05. The van der Waals surface area contributed by atoms with E-state index in [9.17, 15) is 0 Å². The van der Waals surface area contributed by atoms with Crippen molar-refractivity contribution in [3.05, 3.63) is 41.2 Å². The summed E-state index contributed by atoms with van der Waals surface area (Å²) in [5, 5.41) is 4.13. The second kappa shape index (κ2) is 10.1. The summed E-state index contributed by atoms with van der Waals surface area (Å²) < 4.78 is 4.21. The molecule has 0 aliphatic heterocycles. The molecule has 2 rings (SSSR count). The first-order chi connectivity index (χ1) is 11.4. The van der Waals surface area contributed by atoms with Crippen LogP contribution in [-0.4, -0.2) is 39.1 Å². The first-order valence-corrected chi connectivity index (χ1v) is 8.51. The SMILES string of the molecule is CN=C(NCc1nccn1CC(C)C)N(C)Cc1cc(Cl)cn1C.I. The summed E-state index contributed by atoms with van der Waals surface area (Å²) in [5.74, 6) is 2.42. The zero-order valence-electron chi connectivity index (χ0n) is 15.5. The smallest absolute Gasteiger partial charge is 0.194 e. The molecule has 0 aromatic carbocycles. The molecule has 0 fully saturated rings. The van der Waals surface area contributed by atoms with E-state index in [0.29, 0.717) is 12.5 Å². The first kappa shape index (κ1) is 21.8. The predicted molar refractivity (Wildman–Crippen MR) is 115 cm³/mol. The minimum Gasteiger partial charge on any atom is -0.351 e. The minimum atomic E-state index is 0. The normalized spacial score (nSPS) is 11.6. The lowest BCUT2D eigenvalue weighted by Crippen LogP contribution is -2.38. The van der Waals surface area contributed by atoms with Gasteiger partial charge in [0.05, 0.1) is 18.1 Å². The van der Waals surface area contributed by atoms with Crippen LogP contribution in [0.25, 0.3) is 0 Å². The molecule has 0 radical (unpaired) electrons. The van der Waals surface area contributed by atoms with Crippen LogP contribution in [-0.2, 0) is 26.7 Å². The highest BCUT2D eigenvalue weighted by Gasteiger charge is 2.11. The highest BCUT2D eigenvalue weighted by atomic mass is 127. The van der Waals surface area contributed by atoms with Gasteiger partial charge in [-0.15, -0.1) is 24.0 Å². The van der Waals surface area contributed by atoms with Crippen molar-refractivity contribution in [3.8, 4) is 0 Å². The summed E-state index contributed by atoms with van der Waals surface area (Å²) in [7, 11) is 5.79. The Morgan fingerprint density at radius 1 is 1.44 bits per heavy atom. The molecule has 1 N–H and O–H groups in total. The highest BCUT2D eigenvalue weighted by Crippen LogP contribution is 2.14. The Balaban J connectivity index is 0.00000312. The fourth-order valence-electron chi connectivity index (χ4n) is 2.65. The first-order valence-electron chi connectivity index (χ1n) is 8.13. The maximum atomic E-state index is 6.05. The summed E-state index contributed by atoms with van der Waals surface area (Å²) in [6, 6.07) is 1.97. The van der Waals surface area contributed by atoms with Gasteiger partial charge in [0, 0.05) is 52.0 Å². The maximum absolute atomic E-state index is 6.05. The second-order valence-corrected chi connectivity index (χ2v) is 6.84. The van der Waals surface area contributed by atoms with Crippen LogP contribution in [0.4, 0.5) is 0 Å². The summed E-state index contributed by atoms with van der Waals surface area (Å²) in [6.45, 7) is 6.74. The molecule has 8 heteroatoms. The number of hydrogen-bond donors (Lipinski definition) is 1. The van der Waals surface area contributed by atoms with Crippen molar-refractivity contribution in [1.82, 2.24) is 24.3 Å². The Hall–Kier alpha value is -1.22. The molecule has 0 saturated carbocycles. The van der Waals surface area contributed by atoms with E-state index in [1.807, 2.05) is 43.3 Å². The van der Waals surface area contributed by atoms with Crippen LogP contribution in [0.15, 0.2) is 29.6 Å². The van der Waals surface area contributed by atoms with E-state index in [4.69, 9.17) is 11.6 Å². The van der Waals surface area contributed by atoms with Crippen LogP contribution >= 0.6 is 35.6 Å². The number of guanidine groups is 1. The Labute approximate surface area is 172 Å². The van der Waals surface area contributed by atoms with E-state index in [1.165, 1.54) is 0 Å². The van der Waals surface area contributed by atoms with Gasteiger partial charge in [0.2, 0.25) is 0 Å². The zero-order valence-corrected chi connectivity index (χ0v) is 18.6. The summed E-state index contributed by atoms with van der Waals surface area (Å²) in [6.07, 6.45) is 5.77. The fourth-order valence-corrected chi connectivity index (χ4v) is 2.92. The molecule has 140 valence electrons. The van der Waals surface area contributed by atoms with Crippen LogP contribution in [0.1, 0.15) is 25.4 Å². The lowest BCUT2D eigenvalue weighted by molar-refractivity contribution is 0.456. The molecule has 25 heavy (non-hydrogen) atoms. The van der Waals surface area contributed by atoms with Gasteiger partial charge in [0.25, 0.3) is 0 Å². The molecule has 0 saturated heterocycles. The predicted octanol–water partition coefficient (Wildman–Crippen LogP) is 3.36. The van der Waals surface area contributed by atoms with Crippen molar-refractivity contribution < 1.29 is 0 Å². The average Bonchev–Trinajstić information content (AvgIpc) is 3.06. The van der Waals surface area contributed by atoms with E-state index < -0.39 is 0 Å². The number of halogens is 2. The third-order valence-electron chi connectivity index (χ3n) is 3.82. The molecule has 0 aliphatic rings. The standard InChI is InChI=1S/C17H27ClN6.HI/c1-13(2)10-24-7-6-20-16(24)9-21-17(19-3)23(5)12-15-8-14(18)11-22(15)4;/h6-8,11,13H,9-10,12H2,1-5H3,(H,19,21);1H. The van der Waals surface area contributed by atoms with Crippen molar-refractivity contribution in [2.75, 3.05) is 14.1 Å². The molecule has 0 spiro atoms. The Morgan fingerprint density at radius 3 is 2.72 bits per heavy atom. The molecule has 2 aromatic heterocycles. The van der Waals surface area contributed by atoms with Gasteiger partial charge in [-0.05, 0) is 12.0 Å². The van der Waals surface area contributed by atoms with Gasteiger partial charge in [-0.2, -0.15) is 0 Å². The number of imidazole rings is 1. The number of nitrogens with one attached hydrogen (secondary N) is 1. The molecule has 0 bridgehead atoms. The fraction of sp³-hybridized carbons (Fsp3) is 0.529. The lowest BCUT2D eigenvalue weighted by atomic mass is 10.2. The third kappa shape index (κ3) is 6.22. The second-order valence-electron chi connectivity index (χ2n) is 6.41. The van der Waals surface area contributed by atoms with Crippen molar-refractivity contribution >= 4 is 41.5 Å². The van der Waals surface area contributed by atoms with Gasteiger partial charge >= 0.3 is 0 Å². The van der Waals surface area contributed by atoms with Crippen molar-refractivity contribution in [1.29, 1.82) is 0 Å². The van der Waals surface area contributed by atoms with E-state index in [0.717, 1.165) is 35.6 Å². The molecule has 2 aromatic rings. The molecule has 0 unspecified atom stereocenters. The summed E-state index contributed by atoms with van der Waals surface area (Å²) in [4.78, 5) is 10.9. The highest BCUT2D eigenvalue weighted by molar-refractivity contribution is 14.0.